The van der Waals surface area contributed by atoms with Gasteiger partial charge < -0.3 is 0 Å². The molecule has 0 aliphatic heterocycles. The molecular formula is C24H19. The second-order valence-corrected chi connectivity index (χ2v) is 5.39. The van der Waals surface area contributed by atoms with E-state index in [9.17, 15) is 0 Å². The van der Waals surface area contributed by atoms with E-state index < -0.39 is 0 Å². The smallest absolute Gasteiger partial charge is 0.0111 e. The van der Waals surface area contributed by atoms with Crippen molar-refractivity contribution in [3.05, 3.63) is 132 Å². The van der Waals surface area contributed by atoms with E-state index in [4.69, 9.17) is 0 Å². The van der Waals surface area contributed by atoms with Crippen LogP contribution in [0.3, 0.4) is 0 Å². The number of allylic oxidation sites excluding steroid dienone is 4. The highest BCUT2D eigenvalue weighted by Crippen LogP contribution is 2.23. The molecule has 0 atom stereocenters. The van der Waals surface area contributed by atoms with Crippen molar-refractivity contribution in [1.29, 1.82) is 0 Å². The second-order valence-electron chi connectivity index (χ2n) is 5.39. The predicted molar refractivity (Wildman–Crippen MR) is 103 cm³/mol. The van der Waals surface area contributed by atoms with Crippen molar-refractivity contribution >= 4 is 11.6 Å². The summed E-state index contributed by atoms with van der Waals surface area (Å²) in [5, 5.41) is 0. The van der Waals surface area contributed by atoms with Gasteiger partial charge in [0.25, 0.3) is 0 Å². The summed E-state index contributed by atoms with van der Waals surface area (Å²) in [5.74, 6) is 0. The highest BCUT2D eigenvalue weighted by atomic mass is 14.1. The summed E-state index contributed by atoms with van der Waals surface area (Å²) in [5.41, 5.74) is 4.77. The Kier molecular flexibility index (Phi) is 5.58. The molecule has 3 aromatic rings. The molecular weight excluding hydrogens is 288 g/mol. The summed E-state index contributed by atoms with van der Waals surface area (Å²) in [6.07, 6.45) is 11.3. The first-order chi connectivity index (χ1) is 11.9. The second kappa shape index (κ2) is 8.50. The zero-order valence-electron chi connectivity index (χ0n) is 13.5. The van der Waals surface area contributed by atoms with Crippen LogP contribution in [0.5, 0.6) is 0 Å². The van der Waals surface area contributed by atoms with Crippen LogP contribution in [0.1, 0.15) is 16.7 Å². The molecule has 0 heterocycles. The number of benzene rings is 3. The Labute approximate surface area is 144 Å². The highest BCUT2D eigenvalue weighted by molar-refractivity contribution is 5.80. The Hall–Kier alpha value is -3.12. The summed E-state index contributed by atoms with van der Waals surface area (Å²) in [6, 6.07) is 31.1. The molecule has 0 saturated carbocycles. The number of hydrogen-bond acceptors (Lipinski definition) is 0. The van der Waals surface area contributed by atoms with Crippen LogP contribution < -0.4 is 0 Å². The quantitative estimate of drug-likeness (QED) is 0.493. The van der Waals surface area contributed by atoms with E-state index in [1.54, 1.807) is 0 Å². The first-order valence-corrected chi connectivity index (χ1v) is 8.05. The minimum atomic E-state index is 1.15. The van der Waals surface area contributed by atoms with E-state index in [-0.39, 0.29) is 0 Å². The highest BCUT2D eigenvalue weighted by Gasteiger charge is 2.02. The van der Waals surface area contributed by atoms with Crippen LogP contribution in [0.2, 0.25) is 0 Å². The Bertz CT molecular complexity index is 781. The summed E-state index contributed by atoms with van der Waals surface area (Å²) in [7, 11) is 0. The molecule has 0 spiro atoms. The van der Waals surface area contributed by atoms with Gasteiger partial charge in [-0.25, -0.2) is 0 Å². The average molecular weight is 307 g/mol. The zero-order valence-corrected chi connectivity index (χ0v) is 13.5. The maximum atomic E-state index is 3.21. The van der Waals surface area contributed by atoms with Crippen LogP contribution in [0, 0.1) is 6.08 Å². The molecule has 115 valence electrons. The van der Waals surface area contributed by atoms with E-state index in [1.807, 2.05) is 48.6 Å². The molecule has 0 N–H and O–H groups in total. The van der Waals surface area contributed by atoms with Gasteiger partial charge in [-0.1, -0.05) is 109 Å². The largest absolute Gasteiger partial charge is 0.0622 e. The lowest BCUT2D eigenvalue weighted by Crippen LogP contribution is -1.86. The predicted octanol–water partition coefficient (Wildman–Crippen LogP) is 6.19. The topological polar surface area (TPSA) is 0 Å². The van der Waals surface area contributed by atoms with Gasteiger partial charge in [0.05, 0.1) is 0 Å². The van der Waals surface area contributed by atoms with Gasteiger partial charge >= 0.3 is 0 Å². The standard InChI is InChI=1S/C24H19/c1-5-13-21(14-6-1)15-7-2-12-20-24(22-16-8-3-9-17-22)23-18-10-4-11-19-23/h1-6,8-20H. The van der Waals surface area contributed by atoms with Crippen molar-refractivity contribution < 1.29 is 0 Å². The summed E-state index contributed by atoms with van der Waals surface area (Å²) in [6.45, 7) is 0. The Morgan fingerprint density at radius 3 is 1.67 bits per heavy atom. The number of rotatable bonds is 5. The minimum absolute atomic E-state index is 1.15. The van der Waals surface area contributed by atoms with Crippen molar-refractivity contribution in [3.8, 4) is 0 Å². The zero-order chi connectivity index (χ0) is 16.5. The van der Waals surface area contributed by atoms with E-state index in [0.717, 1.165) is 5.56 Å². The van der Waals surface area contributed by atoms with Gasteiger partial charge in [-0.15, -0.1) is 0 Å². The fraction of sp³-hybridized carbons (Fsp3) is 0. The SMILES string of the molecule is [C](=Cc1ccccc1)C=CC=C(c1ccccc1)c1ccccc1. The molecule has 0 aliphatic carbocycles. The fourth-order valence-electron chi connectivity index (χ4n) is 2.49. The molecule has 0 bridgehead atoms. The molecule has 0 aliphatic rings. The van der Waals surface area contributed by atoms with E-state index >= 15 is 0 Å². The van der Waals surface area contributed by atoms with Crippen molar-refractivity contribution in [2.24, 2.45) is 0 Å². The van der Waals surface area contributed by atoms with E-state index in [2.05, 4.69) is 72.8 Å². The lowest BCUT2D eigenvalue weighted by atomic mass is 9.97. The minimum Gasteiger partial charge on any atom is -0.0622 e. The van der Waals surface area contributed by atoms with Crippen LogP contribution in [-0.4, -0.2) is 0 Å². The van der Waals surface area contributed by atoms with Crippen molar-refractivity contribution in [2.75, 3.05) is 0 Å². The van der Waals surface area contributed by atoms with Gasteiger partial charge in [0.15, 0.2) is 0 Å². The third-order valence-electron chi connectivity index (χ3n) is 3.67. The van der Waals surface area contributed by atoms with E-state index in [0.29, 0.717) is 0 Å². The third-order valence-corrected chi connectivity index (χ3v) is 3.67. The van der Waals surface area contributed by atoms with Crippen LogP contribution >= 0.6 is 0 Å². The summed E-state index contributed by atoms with van der Waals surface area (Å²) >= 11 is 0. The normalized spacial score (nSPS) is 11.0. The van der Waals surface area contributed by atoms with Crippen molar-refractivity contribution in [3.63, 3.8) is 0 Å². The summed E-state index contributed by atoms with van der Waals surface area (Å²) in [4.78, 5) is 0. The molecule has 0 saturated heterocycles. The third kappa shape index (κ3) is 4.44. The summed E-state index contributed by atoms with van der Waals surface area (Å²) < 4.78 is 0. The maximum absolute atomic E-state index is 3.21. The van der Waals surface area contributed by atoms with Crippen molar-refractivity contribution in [1.82, 2.24) is 0 Å². The number of hydrogen-bond donors (Lipinski definition) is 0. The first kappa shape index (κ1) is 15.8. The molecule has 0 aromatic heterocycles. The lowest BCUT2D eigenvalue weighted by Gasteiger charge is -2.07. The molecule has 3 aromatic carbocycles. The molecule has 3 rings (SSSR count). The fourth-order valence-corrected chi connectivity index (χ4v) is 2.49. The van der Waals surface area contributed by atoms with Crippen LogP contribution in [0.25, 0.3) is 11.6 Å². The Balaban J connectivity index is 1.82. The van der Waals surface area contributed by atoms with Crippen LogP contribution in [-0.2, 0) is 0 Å². The maximum Gasteiger partial charge on any atom is -0.0111 e. The molecule has 24 heavy (non-hydrogen) atoms. The van der Waals surface area contributed by atoms with Crippen LogP contribution in [0.15, 0.2) is 109 Å². The van der Waals surface area contributed by atoms with Gasteiger partial charge in [-0.05, 0) is 34.4 Å². The Morgan fingerprint density at radius 1 is 0.625 bits per heavy atom. The molecule has 0 amide bonds. The van der Waals surface area contributed by atoms with Gasteiger partial charge in [0.2, 0.25) is 0 Å². The van der Waals surface area contributed by atoms with E-state index in [1.165, 1.54) is 16.7 Å². The van der Waals surface area contributed by atoms with Crippen molar-refractivity contribution in [2.45, 2.75) is 0 Å². The van der Waals surface area contributed by atoms with Crippen LogP contribution in [0.4, 0.5) is 0 Å². The van der Waals surface area contributed by atoms with Gasteiger partial charge in [0.1, 0.15) is 0 Å². The van der Waals surface area contributed by atoms with Gasteiger partial charge in [-0.2, -0.15) is 0 Å². The Morgan fingerprint density at radius 2 is 1.12 bits per heavy atom. The molecule has 0 unspecified atom stereocenters. The van der Waals surface area contributed by atoms with Gasteiger partial charge in [-0.3, -0.25) is 0 Å². The monoisotopic (exact) mass is 307 g/mol. The lowest BCUT2D eigenvalue weighted by molar-refractivity contribution is 1.54. The van der Waals surface area contributed by atoms with Gasteiger partial charge in [0, 0.05) is 0 Å². The first-order valence-electron chi connectivity index (χ1n) is 8.05. The molecule has 0 fully saturated rings. The molecule has 0 heteroatoms. The molecule has 1 radical (unpaired) electrons. The molecule has 0 nitrogen and oxygen atoms in total. The average Bonchev–Trinajstić information content (AvgIpc) is 2.67.